The third kappa shape index (κ3) is 5.04. The van der Waals surface area contributed by atoms with E-state index in [0.717, 1.165) is 4.68 Å². The molecule has 0 spiro atoms. The molecule has 0 bridgehead atoms. The monoisotopic (exact) mass is 574 g/mol. The smallest absolute Gasteiger partial charge is 0.388 e. The second kappa shape index (κ2) is 10.7. The summed E-state index contributed by atoms with van der Waals surface area (Å²) in [5, 5.41) is 17.7. The van der Waals surface area contributed by atoms with Gasteiger partial charge in [-0.2, -0.15) is 23.3 Å². The van der Waals surface area contributed by atoms with Crippen molar-refractivity contribution < 1.29 is 27.4 Å². The van der Waals surface area contributed by atoms with Crippen molar-refractivity contribution >= 4 is 16.9 Å². The Bertz CT molecular complexity index is 1580. The minimum absolute atomic E-state index is 0.0106. The van der Waals surface area contributed by atoms with Crippen LogP contribution >= 0.6 is 0 Å². The van der Waals surface area contributed by atoms with Gasteiger partial charge in [0.05, 0.1) is 53.3 Å². The normalized spacial score (nSPS) is 18.9. The van der Waals surface area contributed by atoms with Gasteiger partial charge in [0.1, 0.15) is 24.1 Å². The third-order valence-corrected chi connectivity index (χ3v) is 7.65. The maximum atomic E-state index is 14.8. The van der Waals surface area contributed by atoms with Crippen LogP contribution in [-0.4, -0.2) is 73.3 Å². The van der Waals surface area contributed by atoms with Crippen LogP contribution in [-0.2, 0) is 17.5 Å². The minimum Gasteiger partial charge on any atom is -0.388 e. The van der Waals surface area contributed by atoms with Crippen molar-refractivity contribution in [3.63, 3.8) is 0 Å². The molecule has 2 N–H and O–H groups in total. The maximum Gasteiger partial charge on any atom is 0.433 e. The topological polar surface area (TPSA) is 106 Å². The number of aliphatic hydroxyl groups excluding tert-OH is 1. The van der Waals surface area contributed by atoms with Crippen LogP contribution in [0, 0.1) is 12.7 Å². The number of rotatable bonds is 5. The van der Waals surface area contributed by atoms with Crippen molar-refractivity contribution in [1.82, 2.24) is 34.6 Å². The molecule has 1 aromatic carbocycles. The Labute approximate surface area is 233 Å². The number of imidazole rings is 1. The van der Waals surface area contributed by atoms with Crippen LogP contribution in [0.4, 0.5) is 23.4 Å². The predicted molar refractivity (Wildman–Crippen MR) is 142 cm³/mol. The van der Waals surface area contributed by atoms with E-state index in [-0.39, 0.29) is 40.3 Å². The van der Waals surface area contributed by atoms with Crippen LogP contribution in [0.25, 0.3) is 28.2 Å². The van der Waals surface area contributed by atoms with Gasteiger partial charge in [-0.3, -0.25) is 9.25 Å². The van der Waals surface area contributed by atoms with Crippen molar-refractivity contribution in [2.24, 2.45) is 0 Å². The van der Waals surface area contributed by atoms with Gasteiger partial charge < -0.3 is 20.1 Å². The number of hydrogen-bond acceptors (Lipinski definition) is 8. The van der Waals surface area contributed by atoms with E-state index >= 15 is 0 Å². The van der Waals surface area contributed by atoms with Gasteiger partial charge in [0.15, 0.2) is 5.69 Å². The molecule has 6 rings (SSSR count). The summed E-state index contributed by atoms with van der Waals surface area (Å²) in [6.45, 7) is 5.49. The molecule has 4 aromatic rings. The first kappa shape index (κ1) is 27.5. The highest BCUT2D eigenvalue weighted by Crippen LogP contribution is 2.42. The van der Waals surface area contributed by atoms with Gasteiger partial charge in [-0.1, -0.05) is 0 Å². The van der Waals surface area contributed by atoms with Gasteiger partial charge in [0.2, 0.25) is 5.95 Å². The summed E-state index contributed by atoms with van der Waals surface area (Å²) in [5.41, 5.74) is -0.0692. The van der Waals surface area contributed by atoms with E-state index in [0.29, 0.717) is 57.0 Å². The molecule has 10 nitrogen and oxygen atoms in total. The number of aryl methyl sites for hydroxylation is 1. The van der Waals surface area contributed by atoms with Crippen molar-refractivity contribution in [2.45, 2.75) is 51.6 Å². The summed E-state index contributed by atoms with van der Waals surface area (Å²) in [4.78, 5) is 15.6. The van der Waals surface area contributed by atoms with Crippen molar-refractivity contribution in [2.75, 3.05) is 37.7 Å². The fourth-order valence-electron chi connectivity index (χ4n) is 5.74. The fraction of sp³-hybridized carbons (Fsp3) is 0.481. The number of alkyl halides is 3. The van der Waals surface area contributed by atoms with E-state index in [1.165, 1.54) is 22.8 Å². The lowest BCUT2D eigenvalue weighted by Crippen LogP contribution is -2.44. The van der Waals surface area contributed by atoms with Gasteiger partial charge in [-0.25, -0.2) is 14.4 Å². The number of piperidine rings is 1. The Kier molecular flexibility index (Phi) is 7.16. The van der Waals surface area contributed by atoms with E-state index in [2.05, 4.69) is 20.4 Å². The molecule has 0 aliphatic carbocycles. The van der Waals surface area contributed by atoms with Crippen LogP contribution in [0.2, 0.25) is 0 Å². The Morgan fingerprint density at radius 3 is 2.61 bits per heavy atom. The second-order valence-electron chi connectivity index (χ2n) is 10.4. The van der Waals surface area contributed by atoms with Crippen LogP contribution in [0.5, 0.6) is 0 Å². The molecular formula is C27H30F4N8O2. The highest BCUT2D eigenvalue weighted by molar-refractivity contribution is 5.78. The quantitative estimate of drug-likeness (QED) is 0.347. The van der Waals surface area contributed by atoms with E-state index in [9.17, 15) is 22.7 Å². The van der Waals surface area contributed by atoms with Gasteiger partial charge in [0, 0.05) is 18.7 Å². The molecule has 5 heterocycles. The van der Waals surface area contributed by atoms with Crippen LogP contribution in [0.15, 0.2) is 24.3 Å². The molecule has 0 unspecified atom stereocenters. The average Bonchev–Trinajstić information content (AvgIpc) is 3.50. The summed E-state index contributed by atoms with van der Waals surface area (Å²) < 4.78 is 66.5. The zero-order valence-electron chi connectivity index (χ0n) is 22.6. The third-order valence-electron chi connectivity index (χ3n) is 7.65. The Morgan fingerprint density at radius 2 is 1.90 bits per heavy atom. The SMILES string of the molecule is Cc1nn(C2CCNCC2)c(C(F)(F)F)c1-c1cc(N2CCOC[C@H]2C)nc(-n2c(CO)nc3cc(F)ccc32)n1. The molecule has 14 heteroatoms. The molecule has 2 saturated heterocycles. The van der Waals surface area contributed by atoms with Crippen molar-refractivity contribution in [3.05, 3.63) is 47.3 Å². The Hall–Kier alpha value is -3.62. The fourth-order valence-corrected chi connectivity index (χ4v) is 5.74. The largest absolute Gasteiger partial charge is 0.433 e. The van der Waals surface area contributed by atoms with Crippen LogP contribution in [0.1, 0.15) is 43.0 Å². The average molecular weight is 575 g/mol. The van der Waals surface area contributed by atoms with Crippen molar-refractivity contribution in [3.8, 4) is 17.2 Å². The van der Waals surface area contributed by atoms with Gasteiger partial charge in [0.25, 0.3) is 0 Å². The number of morpholine rings is 1. The lowest BCUT2D eigenvalue weighted by atomic mass is 10.0. The molecule has 0 radical (unpaired) electrons. The molecule has 2 aliphatic rings. The molecule has 0 amide bonds. The number of halogens is 4. The predicted octanol–water partition coefficient (Wildman–Crippen LogP) is 3.79. The summed E-state index contributed by atoms with van der Waals surface area (Å²) >= 11 is 0. The zero-order valence-corrected chi connectivity index (χ0v) is 22.6. The van der Waals surface area contributed by atoms with Gasteiger partial charge in [-0.05, 0) is 51.9 Å². The number of anilines is 1. The molecule has 41 heavy (non-hydrogen) atoms. The highest BCUT2D eigenvalue weighted by atomic mass is 19.4. The summed E-state index contributed by atoms with van der Waals surface area (Å²) in [7, 11) is 0. The standard InChI is InChI=1S/C27H30F4N8O2/c1-15-14-41-10-9-37(15)22-12-20(24-16(2)36-39(25(24)27(29,30)31)18-5-7-32-8-6-18)34-26(35-22)38-21-4-3-17(28)11-19(21)33-23(38)13-40/h3-4,11-12,15,18,32,40H,5-10,13-14H2,1-2H3/t15-/m1/s1. The highest BCUT2D eigenvalue weighted by Gasteiger charge is 2.42. The second-order valence-corrected chi connectivity index (χ2v) is 10.4. The van der Waals surface area contributed by atoms with Crippen LogP contribution < -0.4 is 10.2 Å². The maximum absolute atomic E-state index is 14.8. The lowest BCUT2D eigenvalue weighted by Gasteiger charge is -2.34. The summed E-state index contributed by atoms with van der Waals surface area (Å²) in [6.07, 6.45) is -3.66. The first-order valence-electron chi connectivity index (χ1n) is 13.5. The lowest BCUT2D eigenvalue weighted by molar-refractivity contribution is -0.144. The number of hydrogen-bond donors (Lipinski definition) is 2. The van der Waals surface area contributed by atoms with E-state index in [1.54, 1.807) is 13.0 Å². The van der Waals surface area contributed by atoms with E-state index in [4.69, 9.17) is 9.72 Å². The molecule has 0 saturated carbocycles. The zero-order chi connectivity index (χ0) is 28.9. The number of aromatic nitrogens is 6. The molecule has 2 aliphatic heterocycles. The van der Waals surface area contributed by atoms with Gasteiger partial charge in [-0.15, -0.1) is 0 Å². The summed E-state index contributed by atoms with van der Waals surface area (Å²) in [5.74, 6) is 0.0223. The number of nitrogens with zero attached hydrogens (tertiary/aromatic N) is 7. The molecule has 1 atom stereocenters. The first-order chi connectivity index (χ1) is 19.7. The molecule has 2 fully saturated rings. The minimum atomic E-state index is -4.70. The first-order valence-corrected chi connectivity index (χ1v) is 13.5. The number of fused-ring (bicyclic) bond motifs is 1. The number of ether oxygens (including phenoxy) is 1. The van der Waals surface area contributed by atoms with Gasteiger partial charge >= 0.3 is 6.18 Å². The number of benzene rings is 1. The molecular weight excluding hydrogens is 544 g/mol. The molecule has 218 valence electrons. The number of aliphatic hydroxyl groups is 1. The summed E-state index contributed by atoms with van der Waals surface area (Å²) in [6, 6.07) is 4.97. The van der Waals surface area contributed by atoms with Crippen molar-refractivity contribution in [1.29, 1.82) is 0 Å². The van der Waals surface area contributed by atoms with Crippen LogP contribution in [0.3, 0.4) is 0 Å². The van der Waals surface area contributed by atoms with E-state index < -0.39 is 30.3 Å². The Morgan fingerprint density at radius 1 is 1.12 bits per heavy atom. The molecule has 3 aromatic heterocycles. The van der Waals surface area contributed by atoms with E-state index in [1.807, 2.05) is 11.8 Å². The Balaban J connectivity index is 1.61. The number of nitrogens with one attached hydrogen (secondary N) is 1.